The Balaban J connectivity index is 1.44. The molecule has 0 aromatic heterocycles. The molecule has 0 unspecified atom stereocenters. The van der Waals surface area contributed by atoms with Crippen LogP contribution in [0.5, 0.6) is 0 Å². The van der Waals surface area contributed by atoms with E-state index < -0.39 is 30.3 Å². The van der Waals surface area contributed by atoms with E-state index in [1.54, 1.807) is 0 Å². The van der Waals surface area contributed by atoms with Crippen LogP contribution in [0.4, 0.5) is 10.5 Å². The maximum absolute atomic E-state index is 12.7. The predicted octanol–water partition coefficient (Wildman–Crippen LogP) is 2.48. The van der Waals surface area contributed by atoms with Crippen molar-refractivity contribution in [1.82, 2.24) is 9.80 Å². The number of urea groups is 1. The van der Waals surface area contributed by atoms with Crippen molar-refractivity contribution in [2.24, 2.45) is 5.92 Å². The minimum atomic E-state index is -0.910. The number of imide groups is 2. The SMILES string of the molecule is C[C@@H]1CCCC[C@@H]1N1C(=O)C(=O)N(CC(=O)Nc2ccc3c(c2)CCC3)C1=O. The molecule has 1 saturated heterocycles. The molecule has 148 valence electrons. The Kier molecular flexibility index (Phi) is 4.91. The Bertz CT molecular complexity index is 850. The second kappa shape index (κ2) is 7.37. The van der Waals surface area contributed by atoms with E-state index in [1.807, 2.05) is 25.1 Å². The molecule has 1 aliphatic heterocycles. The Morgan fingerprint density at radius 2 is 1.79 bits per heavy atom. The van der Waals surface area contributed by atoms with E-state index in [1.165, 1.54) is 11.1 Å². The summed E-state index contributed by atoms with van der Waals surface area (Å²) in [5, 5.41) is 2.74. The van der Waals surface area contributed by atoms with Crippen LogP contribution in [-0.2, 0) is 27.2 Å². The summed E-state index contributed by atoms with van der Waals surface area (Å²) in [4.78, 5) is 51.8. The number of anilines is 1. The maximum Gasteiger partial charge on any atom is 0.334 e. The van der Waals surface area contributed by atoms with Crippen molar-refractivity contribution in [2.75, 3.05) is 11.9 Å². The zero-order valence-electron chi connectivity index (χ0n) is 16.1. The number of nitrogens with zero attached hydrogens (tertiary/aromatic N) is 2. The monoisotopic (exact) mass is 383 g/mol. The average molecular weight is 383 g/mol. The van der Waals surface area contributed by atoms with Crippen LogP contribution in [-0.4, -0.2) is 46.1 Å². The van der Waals surface area contributed by atoms with Crippen molar-refractivity contribution in [3.05, 3.63) is 29.3 Å². The van der Waals surface area contributed by atoms with Gasteiger partial charge in [-0.2, -0.15) is 0 Å². The van der Waals surface area contributed by atoms with Crippen LogP contribution in [0.15, 0.2) is 18.2 Å². The van der Waals surface area contributed by atoms with Gasteiger partial charge in [-0.1, -0.05) is 25.8 Å². The van der Waals surface area contributed by atoms with Gasteiger partial charge in [-0.3, -0.25) is 19.3 Å². The summed E-state index contributed by atoms with van der Waals surface area (Å²) in [6.07, 6.45) is 6.79. The lowest BCUT2D eigenvalue weighted by atomic mass is 9.85. The number of hydrogen-bond acceptors (Lipinski definition) is 4. The summed E-state index contributed by atoms with van der Waals surface area (Å²) < 4.78 is 0. The summed E-state index contributed by atoms with van der Waals surface area (Å²) in [7, 11) is 0. The predicted molar refractivity (Wildman–Crippen MR) is 102 cm³/mol. The summed E-state index contributed by atoms with van der Waals surface area (Å²) in [5.74, 6) is -2.04. The first-order valence-electron chi connectivity index (χ1n) is 10.1. The quantitative estimate of drug-likeness (QED) is 0.639. The van der Waals surface area contributed by atoms with Crippen LogP contribution in [0.3, 0.4) is 0 Å². The molecule has 1 N–H and O–H groups in total. The van der Waals surface area contributed by atoms with Crippen molar-refractivity contribution < 1.29 is 19.2 Å². The fourth-order valence-corrected chi connectivity index (χ4v) is 4.63. The standard InChI is InChI=1S/C21H25N3O4/c1-13-5-2-3-8-17(13)24-20(27)19(26)23(21(24)28)12-18(25)22-16-10-9-14-6-4-7-15(14)11-16/h9-11,13,17H,2-8,12H2,1H3,(H,22,25)/t13-,17+/m1/s1. The van der Waals surface area contributed by atoms with E-state index in [9.17, 15) is 19.2 Å². The molecule has 1 saturated carbocycles. The van der Waals surface area contributed by atoms with Gasteiger partial charge in [-0.05, 0) is 61.3 Å². The highest BCUT2D eigenvalue weighted by Gasteiger charge is 2.49. The van der Waals surface area contributed by atoms with Crippen LogP contribution in [0, 0.1) is 5.92 Å². The van der Waals surface area contributed by atoms with Crippen LogP contribution in [0.2, 0.25) is 0 Å². The molecule has 2 aliphatic carbocycles. The molecule has 28 heavy (non-hydrogen) atoms. The van der Waals surface area contributed by atoms with Gasteiger partial charge < -0.3 is 5.32 Å². The van der Waals surface area contributed by atoms with Gasteiger partial charge in [0.25, 0.3) is 0 Å². The third kappa shape index (κ3) is 3.30. The number of aryl methyl sites for hydroxylation is 2. The third-order valence-electron chi connectivity index (χ3n) is 6.17. The zero-order chi connectivity index (χ0) is 19.8. The van der Waals surface area contributed by atoms with E-state index >= 15 is 0 Å². The average Bonchev–Trinajstić information content (AvgIpc) is 3.21. The fourth-order valence-electron chi connectivity index (χ4n) is 4.63. The minimum Gasteiger partial charge on any atom is -0.325 e. The third-order valence-corrected chi connectivity index (χ3v) is 6.17. The van der Waals surface area contributed by atoms with Gasteiger partial charge in [0.05, 0.1) is 0 Å². The van der Waals surface area contributed by atoms with Gasteiger partial charge >= 0.3 is 17.8 Å². The molecule has 7 nitrogen and oxygen atoms in total. The van der Waals surface area contributed by atoms with Crippen molar-refractivity contribution in [1.29, 1.82) is 0 Å². The molecule has 7 heteroatoms. The van der Waals surface area contributed by atoms with Crippen LogP contribution >= 0.6 is 0 Å². The fraction of sp³-hybridized carbons (Fsp3) is 0.524. The summed E-state index contributed by atoms with van der Waals surface area (Å²) in [6, 6.07) is 4.84. The van der Waals surface area contributed by atoms with Crippen molar-refractivity contribution >= 4 is 29.4 Å². The van der Waals surface area contributed by atoms with E-state index in [4.69, 9.17) is 0 Å². The molecule has 1 aromatic rings. The maximum atomic E-state index is 12.7. The molecule has 0 radical (unpaired) electrons. The molecule has 3 aliphatic rings. The Morgan fingerprint density at radius 3 is 2.57 bits per heavy atom. The molecule has 0 spiro atoms. The number of amides is 5. The second-order valence-corrected chi connectivity index (χ2v) is 8.06. The summed E-state index contributed by atoms with van der Waals surface area (Å²) >= 11 is 0. The Morgan fingerprint density at radius 1 is 1.04 bits per heavy atom. The lowest BCUT2D eigenvalue weighted by Crippen LogP contribution is -2.46. The normalized spacial score (nSPS) is 24.7. The van der Waals surface area contributed by atoms with Crippen molar-refractivity contribution in [2.45, 2.75) is 57.9 Å². The highest BCUT2D eigenvalue weighted by molar-refractivity contribution is 6.45. The molecule has 2 fully saturated rings. The Hall–Kier alpha value is -2.70. The van der Waals surface area contributed by atoms with Crippen LogP contribution < -0.4 is 5.32 Å². The van der Waals surface area contributed by atoms with Gasteiger partial charge in [0, 0.05) is 11.7 Å². The highest BCUT2D eigenvalue weighted by atomic mass is 16.2. The van der Waals surface area contributed by atoms with E-state index in [0.717, 1.165) is 48.3 Å². The molecule has 1 aromatic carbocycles. The lowest BCUT2D eigenvalue weighted by molar-refractivity contribution is -0.145. The molecule has 5 amide bonds. The van der Waals surface area contributed by atoms with Gasteiger partial charge in [0.2, 0.25) is 5.91 Å². The van der Waals surface area contributed by atoms with Gasteiger partial charge in [0.15, 0.2) is 0 Å². The first kappa shape index (κ1) is 18.7. The number of carbonyl (C=O) groups is 4. The van der Waals surface area contributed by atoms with Crippen molar-refractivity contribution in [3.8, 4) is 0 Å². The minimum absolute atomic E-state index is 0.162. The lowest BCUT2D eigenvalue weighted by Gasteiger charge is -2.34. The molecule has 1 heterocycles. The molecule has 2 atom stereocenters. The molecular weight excluding hydrogens is 358 g/mol. The Labute approximate surface area is 164 Å². The molecule has 4 rings (SSSR count). The second-order valence-electron chi connectivity index (χ2n) is 8.06. The van der Waals surface area contributed by atoms with Gasteiger partial charge in [-0.15, -0.1) is 0 Å². The topological polar surface area (TPSA) is 86.8 Å². The first-order valence-corrected chi connectivity index (χ1v) is 10.1. The smallest absolute Gasteiger partial charge is 0.325 e. The van der Waals surface area contributed by atoms with Gasteiger partial charge in [0.1, 0.15) is 6.54 Å². The highest BCUT2D eigenvalue weighted by Crippen LogP contribution is 2.31. The molecule has 0 bridgehead atoms. The summed E-state index contributed by atoms with van der Waals surface area (Å²) in [5.41, 5.74) is 3.17. The van der Waals surface area contributed by atoms with Crippen LogP contribution in [0.1, 0.15) is 50.2 Å². The number of nitrogens with one attached hydrogen (secondary N) is 1. The number of benzene rings is 1. The number of hydrogen-bond donors (Lipinski definition) is 1. The molecular formula is C21H25N3O4. The first-order chi connectivity index (χ1) is 13.5. The van der Waals surface area contributed by atoms with Crippen LogP contribution in [0.25, 0.3) is 0 Å². The number of rotatable bonds is 4. The number of fused-ring (bicyclic) bond motifs is 1. The van der Waals surface area contributed by atoms with E-state index in [0.29, 0.717) is 12.1 Å². The van der Waals surface area contributed by atoms with Gasteiger partial charge in [-0.25, -0.2) is 9.69 Å². The van der Waals surface area contributed by atoms with E-state index in [2.05, 4.69) is 5.32 Å². The number of carbonyl (C=O) groups excluding carboxylic acids is 4. The summed E-state index contributed by atoms with van der Waals surface area (Å²) in [6.45, 7) is 1.55. The van der Waals surface area contributed by atoms with E-state index in [-0.39, 0.29) is 12.0 Å². The van der Waals surface area contributed by atoms with Crippen molar-refractivity contribution in [3.63, 3.8) is 0 Å². The zero-order valence-corrected chi connectivity index (χ0v) is 16.1. The largest absolute Gasteiger partial charge is 0.334 e.